The summed E-state index contributed by atoms with van der Waals surface area (Å²) in [4.78, 5) is 6.95. The fraction of sp³-hybridized carbons (Fsp3) is 0.429. The lowest BCUT2D eigenvalue weighted by molar-refractivity contribution is 0.0733. The maximum Gasteiger partial charge on any atom is 0.244 e. The molecule has 39 heavy (non-hydrogen) atoms. The Bertz CT molecular complexity index is 1540. The van der Waals surface area contributed by atoms with Gasteiger partial charge in [0, 0.05) is 38.4 Å². The Morgan fingerprint density at radius 1 is 1.18 bits per heavy atom. The van der Waals surface area contributed by atoms with Gasteiger partial charge in [0.1, 0.15) is 16.5 Å². The van der Waals surface area contributed by atoms with Crippen LogP contribution in [0.2, 0.25) is 0 Å². The molecule has 7 rings (SSSR count). The first-order valence-electron chi connectivity index (χ1n) is 13.2. The van der Waals surface area contributed by atoms with Crippen LogP contribution in [0.3, 0.4) is 0 Å². The third kappa shape index (κ3) is 4.10. The van der Waals surface area contributed by atoms with Crippen LogP contribution in [0.5, 0.6) is 0 Å². The number of nitrogens with zero attached hydrogens (tertiary/aromatic N) is 5. The van der Waals surface area contributed by atoms with E-state index in [4.69, 9.17) is 9.47 Å². The molecule has 3 atom stereocenters. The van der Waals surface area contributed by atoms with Gasteiger partial charge in [-0.3, -0.25) is 0 Å². The van der Waals surface area contributed by atoms with Gasteiger partial charge in [-0.25, -0.2) is 22.5 Å². The number of rotatable bonds is 6. The molecular formula is C28H30FN5O4S. The molecule has 0 amide bonds. The molecule has 1 aliphatic carbocycles. The lowest BCUT2D eigenvalue weighted by Gasteiger charge is -2.45. The molecule has 0 radical (unpaired) electrons. The Balaban J connectivity index is 1.15. The summed E-state index contributed by atoms with van der Waals surface area (Å²) in [7, 11) is -2.10. The van der Waals surface area contributed by atoms with E-state index in [0.717, 1.165) is 41.3 Å². The van der Waals surface area contributed by atoms with Crippen molar-refractivity contribution in [2.24, 2.45) is 5.41 Å². The lowest BCUT2D eigenvalue weighted by atomic mass is 9.69. The summed E-state index contributed by atoms with van der Waals surface area (Å²) in [6.45, 7) is 2.56. The van der Waals surface area contributed by atoms with Crippen molar-refractivity contribution in [3.63, 3.8) is 0 Å². The molecule has 1 aromatic carbocycles. The van der Waals surface area contributed by atoms with Gasteiger partial charge in [-0.2, -0.15) is 9.40 Å². The zero-order valence-electron chi connectivity index (χ0n) is 21.7. The van der Waals surface area contributed by atoms with Crippen molar-refractivity contribution in [1.29, 1.82) is 0 Å². The molecule has 2 bridgehead atoms. The molecule has 0 spiro atoms. The molecule has 3 aromatic rings. The highest BCUT2D eigenvalue weighted by molar-refractivity contribution is 7.89. The number of hydrogen-bond donors (Lipinski definition) is 0. The van der Waals surface area contributed by atoms with E-state index in [0.29, 0.717) is 45.2 Å². The van der Waals surface area contributed by atoms with Crippen LogP contribution in [0.4, 0.5) is 10.2 Å². The van der Waals surface area contributed by atoms with E-state index < -0.39 is 15.4 Å². The SMILES string of the molecule is COC[C@]12Cc3cnn(-c4ccc(F)cc4)c3C=C1CCN(S(=O)(=O)c1ccc(N3C[C@H]4C[C@H]3CO4)nc1)C2. The summed E-state index contributed by atoms with van der Waals surface area (Å²) in [5, 5.41) is 4.57. The summed E-state index contributed by atoms with van der Waals surface area (Å²) >= 11 is 0. The van der Waals surface area contributed by atoms with Gasteiger partial charge in [-0.1, -0.05) is 5.57 Å². The molecule has 204 valence electrons. The predicted molar refractivity (Wildman–Crippen MR) is 143 cm³/mol. The van der Waals surface area contributed by atoms with Gasteiger partial charge in [-0.05, 0) is 67.3 Å². The van der Waals surface area contributed by atoms with Crippen molar-refractivity contribution in [2.45, 2.75) is 36.3 Å². The van der Waals surface area contributed by atoms with Crippen molar-refractivity contribution in [2.75, 3.05) is 44.9 Å². The molecule has 0 N–H and O–H groups in total. The Labute approximate surface area is 226 Å². The topological polar surface area (TPSA) is 89.8 Å². The number of aromatic nitrogens is 3. The second-order valence-corrected chi connectivity index (χ2v) is 12.9. The Kier molecular flexibility index (Phi) is 5.89. The van der Waals surface area contributed by atoms with Crippen LogP contribution in [0.15, 0.2) is 59.3 Å². The minimum atomic E-state index is -3.75. The van der Waals surface area contributed by atoms with Gasteiger partial charge < -0.3 is 14.4 Å². The number of halogens is 1. The highest BCUT2D eigenvalue weighted by Gasteiger charge is 2.46. The predicted octanol–water partition coefficient (Wildman–Crippen LogP) is 3.05. The largest absolute Gasteiger partial charge is 0.384 e. The molecule has 3 saturated heterocycles. The number of hydrogen-bond acceptors (Lipinski definition) is 7. The van der Waals surface area contributed by atoms with E-state index >= 15 is 0 Å². The number of fused-ring (bicyclic) bond motifs is 4. The number of pyridine rings is 1. The highest BCUT2D eigenvalue weighted by atomic mass is 32.2. The van der Waals surface area contributed by atoms with Gasteiger partial charge in [0.2, 0.25) is 10.0 Å². The standard InChI is InChI=1S/C28H30FN5O4S/c1-37-18-28-12-19-13-31-34(22-4-2-21(29)3-5-22)26(19)10-20(28)8-9-32(17-28)39(35,36)25-6-7-27(30-14-25)33-15-24-11-23(33)16-38-24/h2-7,10,13-14,23-24H,8-9,11-12,15-18H2,1H3/t23-,24+,28+/m0/s1. The third-order valence-corrected chi connectivity index (χ3v) is 10.4. The zero-order valence-corrected chi connectivity index (χ0v) is 22.5. The number of morpholine rings is 1. The normalized spacial score (nSPS) is 26.4. The molecule has 3 aliphatic heterocycles. The van der Waals surface area contributed by atoms with Gasteiger partial charge in [0.25, 0.3) is 0 Å². The fourth-order valence-corrected chi connectivity index (χ4v) is 8.09. The number of methoxy groups -OCH3 is 1. The average Bonchev–Trinajstić information content (AvgIpc) is 3.68. The first kappa shape index (κ1) is 24.9. The lowest BCUT2D eigenvalue weighted by Crippen LogP contribution is -2.51. The van der Waals surface area contributed by atoms with Crippen LogP contribution >= 0.6 is 0 Å². The number of sulfonamides is 1. The quantitative estimate of drug-likeness (QED) is 0.465. The van der Waals surface area contributed by atoms with Crippen molar-refractivity contribution < 1.29 is 22.3 Å². The van der Waals surface area contributed by atoms with Crippen LogP contribution in [-0.2, 0) is 25.9 Å². The Morgan fingerprint density at radius 2 is 2.03 bits per heavy atom. The number of benzene rings is 1. The maximum atomic E-state index is 13.8. The molecule has 3 fully saturated rings. The summed E-state index contributed by atoms with van der Waals surface area (Å²) in [6.07, 6.45) is 7.84. The van der Waals surface area contributed by atoms with Crippen LogP contribution in [0.1, 0.15) is 24.1 Å². The van der Waals surface area contributed by atoms with Crippen LogP contribution in [-0.4, -0.2) is 79.6 Å². The first-order chi connectivity index (χ1) is 18.9. The molecule has 5 heterocycles. The van der Waals surface area contributed by atoms with E-state index in [-0.39, 0.29) is 16.8 Å². The van der Waals surface area contributed by atoms with E-state index in [1.54, 1.807) is 29.6 Å². The van der Waals surface area contributed by atoms with E-state index in [9.17, 15) is 12.8 Å². The number of piperidine rings is 1. The second kappa shape index (κ2) is 9.22. The second-order valence-electron chi connectivity index (χ2n) is 10.9. The summed E-state index contributed by atoms with van der Waals surface area (Å²) in [6, 6.07) is 10.0. The van der Waals surface area contributed by atoms with Gasteiger partial charge in [-0.15, -0.1) is 0 Å². The van der Waals surface area contributed by atoms with Crippen molar-refractivity contribution in [1.82, 2.24) is 19.1 Å². The third-order valence-electron chi connectivity index (χ3n) is 8.56. The van der Waals surface area contributed by atoms with Gasteiger partial charge >= 0.3 is 0 Å². The van der Waals surface area contributed by atoms with Crippen molar-refractivity contribution in [3.8, 4) is 5.69 Å². The summed E-state index contributed by atoms with van der Waals surface area (Å²) in [5.74, 6) is 0.496. The highest BCUT2D eigenvalue weighted by Crippen LogP contribution is 2.45. The first-order valence-corrected chi connectivity index (χ1v) is 14.7. The molecule has 11 heteroatoms. The minimum absolute atomic E-state index is 0.201. The molecule has 0 saturated carbocycles. The van der Waals surface area contributed by atoms with Crippen molar-refractivity contribution in [3.05, 3.63) is 71.4 Å². The molecule has 9 nitrogen and oxygen atoms in total. The molecule has 0 unspecified atom stereocenters. The van der Waals surface area contributed by atoms with Crippen molar-refractivity contribution >= 4 is 21.9 Å². The maximum absolute atomic E-state index is 13.8. The number of anilines is 1. The van der Waals surface area contributed by atoms with E-state index in [1.165, 1.54) is 18.3 Å². The van der Waals surface area contributed by atoms with E-state index in [2.05, 4.69) is 21.1 Å². The summed E-state index contributed by atoms with van der Waals surface area (Å²) < 4.78 is 55.8. The number of ether oxygens (including phenoxy) is 2. The molecule has 4 aliphatic rings. The van der Waals surface area contributed by atoms with Gasteiger partial charge in [0.15, 0.2) is 0 Å². The summed E-state index contributed by atoms with van der Waals surface area (Å²) in [5.41, 5.74) is 3.38. The zero-order chi connectivity index (χ0) is 26.8. The Morgan fingerprint density at radius 3 is 2.72 bits per heavy atom. The van der Waals surface area contributed by atoms with Crippen LogP contribution in [0.25, 0.3) is 11.8 Å². The van der Waals surface area contributed by atoms with Crippen LogP contribution < -0.4 is 4.90 Å². The van der Waals surface area contributed by atoms with Crippen LogP contribution in [0, 0.1) is 11.2 Å². The average molecular weight is 552 g/mol. The fourth-order valence-electron chi connectivity index (χ4n) is 6.62. The Hall–Kier alpha value is -3.12. The van der Waals surface area contributed by atoms with E-state index in [1.807, 2.05) is 16.9 Å². The minimum Gasteiger partial charge on any atom is -0.384 e. The monoisotopic (exact) mass is 551 g/mol. The molecular weight excluding hydrogens is 521 g/mol. The smallest absolute Gasteiger partial charge is 0.244 e. The molecule has 2 aromatic heterocycles. The van der Waals surface area contributed by atoms with Gasteiger partial charge in [0.05, 0.1) is 42.9 Å².